The van der Waals surface area contributed by atoms with Crippen LogP contribution >= 0.6 is 0 Å². The van der Waals surface area contributed by atoms with Crippen LogP contribution in [-0.4, -0.2) is 46.6 Å². The Hall–Kier alpha value is -1.27. The molecule has 2 heterocycles. The third-order valence-electron chi connectivity index (χ3n) is 3.55. The van der Waals surface area contributed by atoms with E-state index in [1.807, 2.05) is 0 Å². The lowest BCUT2D eigenvalue weighted by molar-refractivity contribution is -0.118. The van der Waals surface area contributed by atoms with E-state index in [-0.39, 0.29) is 17.8 Å². The van der Waals surface area contributed by atoms with Crippen molar-refractivity contribution in [1.29, 1.82) is 0 Å². The van der Waals surface area contributed by atoms with Crippen molar-refractivity contribution in [1.82, 2.24) is 15.0 Å². The molecule has 2 rings (SSSR count). The van der Waals surface area contributed by atoms with Gasteiger partial charge in [-0.15, -0.1) is 0 Å². The average Bonchev–Trinajstić information content (AvgIpc) is 2.87. The molecule has 1 aliphatic rings. The second-order valence-electron chi connectivity index (χ2n) is 5.27. The van der Waals surface area contributed by atoms with Crippen LogP contribution in [0.15, 0.2) is 4.52 Å². The first-order chi connectivity index (χ1) is 8.99. The van der Waals surface area contributed by atoms with Crippen LogP contribution in [0.1, 0.15) is 51.4 Å². The van der Waals surface area contributed by atoms with E-state index in [0.717, 1.165) is 13.1 Å². The number of hydrogen-bond acceptors (Lipinski definition) is 6. The predicted octanol–water partition coefficient (Wildman–Crippen LogP) is 1.54. The first kappa shape index (κ1) is 14.1. The van der Waals surface area contributed by atoms with E-state index in [2.05, 4.69) is 28.9 Å². The fraction of sp³-hybridized carbons (Fsp3) is 0.769. The molecule has 0 radical (unpaired) electrons. The van der Waals surface area contributed by atoms with Crippen molar-refractivity contribution in [2.75, 3.05) is 19.7 Å². The van der Waals surface area contributed by atoms with Crippen molar-refractivity contribution in [2.24, 2.45) is 0 Å². The molecular formula is C13H21N3O3. The Morgan fingerprint density at radius 3 is 2.79 bits per heavy atom. The zero-order valence-corrected chi connectivity index (χ0v) is 11.9. The van der Waals surface area contributed by atoms with Gasteiger partial charge in [0.1, 0.15) is 11.9 Å². The number of hydrogen-bond donors (Lipinski definition) is 0. The Kier molecular flexibility index (Phi) is 4.31. The number of ether oxygens (including phenoxy) is 1. The van der Waals surface area contributed by atoms with Crippen LogP contribution in [0.4, 0.5) is 0 Å². The maximum atomic E-state index is 11.3. The quantitative estimate of drug-likeness (QED) is 0.824. The second-order valence-corrected chi connectivity index (χ2v) is 5.27. The van der Waals surface area contributed by atoms with Crippen LogP contribution in [0, 0.1) is 0 Å². The molecule has 1 aromatic heterocycles. The van der Waals surface area contributed by atoms with Crippen LogP contribution in [0.25, 0.3) is 0 Å². The molecule has 106 valence electrons. The fourth-order valence-electron chi connectivity index (χ4n) is 2.02. The Morgan fingerprint density at radius 1 is 1.42 bits per heavy atom. The molecule has 1 aliphatic heterocycles. The Morgan fingerprint density at radius 2 is 2.16 bits per heavy atom. The molecule has 1 fully saturated rings. The van der Waals surface area contributed by atoms with Gasteiger partial charge >= 0.3 is 0 Å². The van der Waals surface area contributed by atoms with Crippen LogP contribution in [0.3, 0.4) is 0 Å². The second kappa shape index (κ2) is 5.79. The summed E-state index contributed by atoms with van der Waals surface area (Å²) in [5, 5.41) is 3.95. The summed E-state index contributed by atoms with van der Waals surface area (Å²) in [7, 11) is 0. The summed E-state index contributed by atoms with van der Waals surface area (Å²) in [5.41, 5.74) is 0. The molecule has 0 aliphatic carbocycles. The molecule has 6 nitrogen and oxygen atoms in total. The van der Waals surface area contributed by atoms with Crippen molar-refractivity contribution in [3.05, 3.63) is 11.7 Å². The summed E-state index contributed by atoms with van der Waals surface area (Å²) in [6.45, 7) is 9.93. The lowest BCUT2D eigenvalue weighted by Gasteiger charge is -2.34. The molecule has 6 heteroatoms. The highest BCUT2D eigenvalue weighted by atomic mass is 16.5. The van der Waals surface area contributed by atoms with Gasteiger partial charge in [0, 0.05) is 19.1 Å². The molecule has 1 aromatic rings. The fourth-order valence-corrected chi connectivity index (χ4v) is 2.02. The first-order valence-corrected chi connectivity index (χ1v) is 6.68. The third-order valence-corrected chi connectivity index (χ3v) is 3.55. The standard InChI is InChI=1S/C13H21N3O3/c1-8(2)16-5-6-18-11(7-16)12-14-13(19-15-12)9(3)10(4)17/h8-9,11H,5-7H2,1-4H3. The summed E-state index contributed by atoms with van der Waals surface area (Å²) in [6.07, 6.45) is -0.173. The van der Waals surface area contributed by atoms with Crippen molar-refractivity contribution < 1.29 is 14.1 Å². The first-order valence-electron chi connectivity index (χ1n) is 6.68. The number of nitrogens with zero attached hydrogens (tertiary/aromatic N) is 3. The Labute approximate surface area is 113 Å². The van der Waals surface area contributed by atoms with Gasteiger partial charge in [0.2, 0.25) is 11.7 Å². The number of rotatable bonds is 4. The van der Waals surface area contributed by atoms with Crippen molar-refractivity contribution in [3.8, 4) is 0 Å². The van der Waals surface area contributed by atoms with Gasteiger partial charge in [0.15, 0.2) is 0 Å². The number of aromatic nitrogens is 2. The monoisotopic (exact) mass is 267 g/mol. The van der Waals surface area contributed by atoms with Gasteiger partial charge in [-0.25, -0.2) is 0 Å². The van der Waals surface area contributed by atoms with Gasteiger partial charge in [-0.05, 0) is 27.7 Å². The average molecular weight is 267 g/mol. The normalized spacial score (nSPS) is 22.7. The maximum absolute atomic E-state index is 11.3. The number of carbonyl (C=O) groups excluding carboxylic acids is 1. The van der Waals surface area contributed by atoms with Crippen molar-refractivity contribution in [2.45, 2.75) is 45.8 Å². The van der Waals surface area contributed by atoms with Gasteiger partial charge in [-0.2, -0.15) is 4.98 Å². The number of Topliss-reactive ketones (excluding diaryl/α,β-unsaturated/α-hetero) is 1. The van der Waals surface area contributed by atoms with Crippen molar-refractivity contribution >= 4 is 5.78 Å². The molecule has 0 bridgehead atoms. The summed E-state index contributed by atoms with van der Waals surface area (Å²) < 4.78 is 10.8. The zero-order valence-electron chi connectivity index (χ0n) is 11.9. The molecule has 0 saturated carbocycles. The number of ketones is 1. The van der Waals surface area contributed by atoms with Gasteiger partial charge in [0.25, 0.3) is 0 Å². The van der Waals surface area contributed by atoms with Crippen LogP contribution in [0.5, 0.6) is 0 Å². The topological polar surface area (TPSA) is 68.5 Å². The van der Waals surface area contributed by atoms with Crippen LogP contribution in [-0.2, 0) is 9.53 Å². The van der Waals surface area contributed by atoms with E-state index >= 15 is 0 Å². The molecule has 2 atom stereocenters. The van der Waals surface area contributed by atoms with Gasteiger partial charge < -0.3 is 9.26 Å². The molecule has 1 saturated heterocycles. The lowest BCUT2D eigenvalue weighted by Crippen LogP contribution is -2.42. The van der Waals surface area contributed by atoms with Crippen LogP contribution < -0.4 is 0 Å². The molecule has 0 aromatic carbocycles. The predicted molar refractivity (Wildman–Crippen MR) is 68.8 cm³/mol. The summed E-state index contributed by atoms with van der Waals surface area (Å²) >= 11 is 0. The van der Waals surface area contributed by atoms with E-state index in [1.54, 1.807) is 6.92 Å². The summed E-state index contributed by atoms with van der Waals surface area (Å²) in [5.74, 6) is 0.566. The van der Waals surface area contributed by atoms with E-state index in [0.29, 0.717) is 24.4 Å². The Bertz CT molecular complexity index is 444. The molecule has 0 spiro atoms. The number of carbonyl (C=O) groups is 1. The van der Waals surface area contributed by atoms with E-state index in [1.165, 1.54) is 6.92 Å². The van der Waals surface area contributed by atoms with E-state index < -0.39 is 0 Å². The highest BCUT2D eigenvalue weighted by Gasteiger charge is 2.28. The molecule has 2 unspecified atom stereocenters. The highest BCUT2D eigenvalue weighted by Crippen LogP contribution is 2.23. The molecule has 0 N–H and O–H groups in total. The maximum Gasteiger partial charge on any atom is 0.237 e. The smallest absolute Gasteiger partial charge is 0.237 e. The molecule has 0 amide bonds. The number of morpholine rings is 1. The van der Waals surface area contributed by atoms with Gasteiger partial charge in [-0.3, -0.25) is 9.69 Å². The largest absolute Gasteiger partial charge is 0.367 e. The SMILES string of the molecule is CC(=O)C(C)c1nc(C2CN(C(C)C)CCO2)no1. The van der Waals surface area contributed by atoms with Gasteiger partial charge in [0.05, 0.1) is 12.5 Å². The van der Waals surface area contributed by atoms with E-state index in [9.17, 15) is 4.79 Å². The van der Waals surface area contributed by atoms with Crippen molar-refractivity contribution in [3.63, 3.8) is 0 Å². The molecule has 19 heavy (non-hydrogen) atoms. The Balaban J connectivity index is 2.08. The third kappa shape index (κ3) is 3.19. The van der Waals surface area contributed by atoms with Crippen LogP contribution in [0.2, 0.25) is 0 Å². The van der Waals surface area contributed by atoms with Gasteiger partial charge in [-0.1, -0.05) is 5.16 Å². The minimum atomic E-state index is -0.356. The summed E-state index contributed by atoms with van der Waals surface area (Å²) in [6, 6.07) is 0.467. The minimum Gasteiger partial charge on any atom is -0.367 e. The highest BCUT2D eigenvalue weighted by molar-refractivity contribution is 5.81. The lowest BCUT2D eigenvalue weighted by atomic mass is 10.1. The minimum absolute atomic E-state index is 0.0172. The van der Waals surface area contributed by atoms with E-state index in [4.69, 9.17) is 9.26 Å². The molecular weight excluding hydrogens is 246 g/mol. The zero-order chi connectivity index (χ0) is 14.0. The summed E-state index contributed by atoms with van der Waals surface area (Å²) in [4.78, 5) is 17.9.